The van der Waals surface area contributed by atoms with Gasteiger partial charge in [0.2, 0.25) is 0 Å². The molecule has 1 atom stereocenters. The molecule has 2 rings (SSSR count). The summed E-state index contributed by atoms with van der Waals surface area (Å²) in [7, 11) is 1.65. The van der Waals surface area contributed by atoms with E-state index in [-0.39, 0.29) is 5.38 Å². The zero-order valence-corrected chi connectivity index (χ0v) is 14.5. The zero-order valence-electron chi connectivity index (χ0n) is 10.6. The van der Waals surface area contributed by atoms with Crippen LogP contribution in [0.15, 0.2) is 45.3 Å². The van der Waals surface area contributed by atoms with Crippen LogP contribution in [0, 0.1) is 6.92 Å². The highest BCUT2D eigenvalue weighted by Crippen LogP contribution is 2.38. The van der Waals surface area contributed by atoms with Gasteiger partial charge in [-0.3, -0.25) is 0 Å². The van der Waals surface area contributed by atoms with Gasteiger partial charge in [-0.05, 0) is 36.2 Å². The third-order valence-electron chi connectivity index (χ3n) is 2.91. The molecule has 0 saturated heterocycles. The van der Waals surface area contributed by atoms with Gasteiger partial charge in [0.15, 0.2) is 0 Å². The molecule has 0 aromatic heterocycles. The summed E-state index contributed by atoms with van der Waals surface area (Å²) in [4.78, 5) is 0. The van der Waals surface area contributed by atoms with E-state index in [9.17, 15) is 0 Å². The first-order valence-corrected chi connectivity index (χ1v) is 7.78. The Morgan fingerprint density at radius 3 is 2.37 bits per heavy atom. The molecule has 0 spiro atoms. The minimum atomic E-state index is -0.213. The van der Waals surface area contributed by atoms with Gasteiger partial charge in [0, 0.05) is 8.95 Å². The van der Waals surface area contributed by atoms with Crippen LogP contribution in [0.5, 0.6) is 5.75 Å². The maximum atomic E-state index is 6.61. The van der Waals surface area contributed by atoms with Crippen molar-refractivity contribution < 1.29 is 4.74 Å². The van der Waals surface area contributed by atoms with Gasteiger partial charge in [0.05, 0.1) is 12.5 Å². The second kappa shape index (κ2) is 6.29. The van der Waals surface area contributed by atoms with Crippen LogP contribution in [0.25, 0.3) is 0 Å². The van der Waals surface area contributed by atoms with E-state index in [0.717, 1.165) is 25.8 Å². The van der Waals surface area contributed by atoms with Crippen molar-refractivity contribution in [2.75, 3.05) is 7.11 Å². The van der Waals surface area contributed by atoms with E-state index in [1.165, 1.54) is 5.56 Å². The van der Waals surface area contributed by atoms with Crippen molar-refractivity contribution in [2.24, 2.45) is 0 Å². The monoisotopic (exact) mass is 402 g/mol. The summed E-state index contributed by atoms with van der Waals surface area (Å²) < 4.78 is 7.16. The van der Waals surface area contributed by atoms with Crippen molar-refractivity contribution in [1.29, 1.82) is 0 Å². The number of alkyl halides is 1. The Morgan fingerprint density at radius 2 is 1.74 bits per heavy atom. The Morgan fingerprint density at radius 1 is 1.00 bits per heavy atom. The van der Waals surface area contributed by atoms with Crippen molar-refractivity contribution in [3.05, 3.63) is 62.0 Å². The Bertz CT molecular complexity index is 599. The molecule has 0 fully saturated rings. The quantitative estimate of drug-likeness (QED) is 0.583. The summed E-state index contributed by atoms with van der Waals surface area (Å²) in [5.41, 5.74) is 3.27. The first kappa shape index (κ1) is 14.9. The second-order valence-corrected chi connectivity index (χ2v) is 6.42. The summed E-state index contributed by atoms with van der Waals surface area (Å²) in [6.07, 6.45) is 0. The smallest absolute Gasteiger partial charge is 0.120 e. The molecule has 4 heteroatoms. The number of halogens is 3. The molecule has 0 saturated carbocycles. The van der Waals surface area contributed by atoms with Crippen LogP contribution in [0.3, 0.4) is 0 Å². The molecule has 100 valence electrons. The van der Waals surface area contributed by atoms with Gasteiger partial charge in [-0.15, -0.1) is 11.6 Å². The van der Waals surface area contributed by atoms with Crippen LogP contribution in [0.4, 0.5) is 0 Å². The molecular formula is C15H13Br2ClO. The Kier molecular flexibility index (Phi) is 4.93. The normalized spacial score (nSPS) is 12.3. The predicted octanol–water partition coefficient (Wildman–Crippen LogP) is 5.86. The van der Waals surface area contributed by atoms with E-state index in [4.69, 9.17) is 16.3 Å². The Hall–Kier alpha value is -0.510. The molecule has 0 aliphatic rings. The van der Waals surface area contributed by atoms with Crippen molar-refractivity contribution in [1.82, 2.24) is 0 Å². The molecule has 0 aliphatic carbocycles. The lowest BCUT2D eigenvalue weighted by Gasteiger charge is -2.15. The second-order valence-electron chi connectivity index (χ2n) is 4.27. The van der Waals surface area contributed by atoms with E-state index >= 15 is 0 Å². The largest absolute Gasteiger partial charge is 0.497 e. The maximum absolute atomic E-state index is 6.61. The van der Waals surface area contributed by atoms with Crippen molar-refractivity contribution in [3.8, 4) is 5.75 Å². The molecule has 0 N–H and O–H groups in total. The zero-order chi connectivity index (χ0) is 14.0. The van der Waals surface area contributed by atoms with Gasteiger partial charge in [-0.1, -0.05) is 55.6 Å². The molecule has 19 heavy (non-hydrogen) atoms. The fourth-order valence-corrected chi connectivity index (χ4v) is 3.56. The summed E-state index contributed by atoms with van der Waals surface area (Å²) in [5, 5.41) is -0.213. The Labute approximate surface area is 135 Å². The standard InChI is InChI=1S/C15H13Br2ClO/c1-9-3-6-13(16)12(7-9)15(18)11-5-4-10(19-2)8-14(11)17/h3-8,15H,1-2H3. The van der Waals surface area contributed by atoms with E-state index < -0.39 is 0 Å². The van der Waals surface area contributed by atoms with Gasteiger partial charge in [-0.2, -0.15) is 0 Å². The first-order chi connectivity index (χ1) is 9.02. The SMILES string of the molecule is COc1ccc(C(Cl)c2cc(C)ccc2Br)c(Br)c1. The molecule has 1 nitrogen and oxygen atoms in total. The minimum Gasteiger partial charge on any atom is -0.497 e. The summed E-state index contributed by atoms with van der Waals surface area (Å²) in [6.45, 7) is 2.06. The third kappa shape index (κ3) is 3.33. The average Bonchev–Trinajstić information content (AvgIpc) is 2.40. The average molecular weight is 405 g/mol. The summed E-state index contributed by atoms with van der Waals surface area (Å²) in [5.74, 6) is 0.808. The van der Waals surface area contributed by atoms with Gasteiger partial charge in [0.1, 0.15) is 5.75 Å². The Balaban J connectivity index is 2.43. The topological polar surface area (TPSA) is 9.23 Å². The molecular weight excluding hydrogens is 391 g/mol. The fourth-order valence-electron chi connectivity index (χ4n) is 1.87. The van der Waals surface area contributed by atoms with E-state index in [1.54, 1.807) is 7.11 Å². The highest BCUT2D eigenvalue weighted by atomic mass is 79.9. The van der Waals surface area contributed by atoms with E-state index in [1.807, 2.05) is 24.3 Å². The molecule has 1 unspecified atom stereocenters. The number of hydrogen-bond donors (Lipinski definition) is 0. The van der Waals surface area contributed by atoms with E-state index in [2.05, 4.69) is 50.9 Å². The van der Waals surface area contributed by atoms with Crippen molar-refractivity contribution in [2.45, 2.75) is 12.3 Å². The van der Waals surface area contributed by atoms with Crippen LogP contribution in [0.1, 0.15) is 22.1 Å². The number of rotatable bonds is 3. The lowest BCUT2D eigenvalue weighted by Crippen LogP contribution is -1.97. The van der Waals surface area contributed by atoms with Crippen LogP contribution >= 0.6 is 43.5 Å². The number of benzene rings is 2. The first-order valence-electron chi connectivity index (χ1n) is 5.76. The fraction of sp³-hybridized carbons (Fsp3) is 0.200. The van der Waals surface area contributed by atoms with E-state index in [0.29, 0.717) is 0 Å². The van der Waals surface area contributed by atoms with Gasteiger partial charge in [-0.25, -0.2) is 0 Å². The molecule has 0 radical (unpaired) electrons. The van der Waals surface area contributed by atoms with Gasteiger partial charge >= 0.3 is 0 Å². The molecule has 0 heterocycles. The van der Waals surface area contributed by atoms with Gasteiger partial charge in [0.25, 0.3) is 0 Å². The number of ether oxygens (including phenoxy) is 1. The maximum Gasteiger partial charge on any atom is 0.120 e. The lowest BCUT2D eigenvalue weighted by atomic mass is 10.0. The summed E-state index contributed by atoms with van der Waals surface area (Å²) >= 11 is 13.7. The van der Waals surface area contributed by atoms with Crippen LogP contribution in [0.2, 0.25) is 0 Å². The van der Waals surface area contributed by atoms with Gasteiger partial charge < -0.3 is 4.74 Å². The molecule has 0 bridgehead atoms. The molecule has 2 aromatic rings. The predicted molar refractivity (Wildman–Crippen MR) is 87.3 cm³/mol. The third-order valence-corrected chi connectivity index (χ3v) is 4.78. The number of aryl methyl sites for hydroxylation is 1. The lowest BCUT2D eigenvalue weighted by molar-refractivity contribution is 0.414. The summed E-state index contributed by atoms with van der Waals surface area (Å²) in [6, 6.07) is 12.0. The van der Waals surface area contributed by atoms with Crippen LogP contribution < -0.4 is 4.74 Å². The number of methoxy groups -OCH3 is 1. The highest BCUT2D eigenvalue weighted by Gasteiger charge is 2.17. The van der Waals surface area contributed by atoms with Crippen LogP contribution in [-0.2, 0) is 0 Å². The van der Waals surface area contributed by atoms with Crippen molar-refractivity contribution >= 4 is 43.5 Å². The number of hydrogen-bond acceptors (Lipinski definition) is 1. The molecule has 2 aromatic carbocycles. The highest BCUT2D eigenvalue weighted by molar-refractivity contribution is 9.10. The van der Waals surface area contributed by atoms with Crippen LogP contribution in [-0.4, -0.2) is 7.11 Å². The molecule has 0 amide bonds. The minimum absolute atomic E-state index is 0.213. The van der Waals surface area contributed by atoms with Crippen molar-refractivity contribution in [3.63, 3.8) is 0 Å². The molecule has 0 aliphatic heterocycles.